The molecule has 0 nitrogen and oxygen atoms in total. The lowest BCUT2D eigenvalue weighted by atomic mass is 10.2. The lowest BCUT2D eigenvalue weighted by molar-refractivity contribution is -0.261. The fraction of sp³-hybridized carbons (Fsp3) is 0.333. The Morgan fingerprint density at radius 2 is 1.36 bits per heavy atom. The van der Waals surface area contributed by atoms with Gasteiger partial charge in [-0.25, -0.2) is 4.39 Å². The lowest BCUT2D eigenvalue weighted by Crippen LogP contribution is -2.35. The minimum atomic E-state index is -6.07. The first-order valence-corrected chi connectivity index (χ1v) is 3.01. The molecule has 0 spiro atoms. The number of allylic oxidation sites excluding steroid dienone is 3. The van der Waals surface area contributed by atoms with Gasteiger partial charge < -0.3 is 0 Å². The molecule has 0 heterocycles. The van der Waals surface area contributed by atoms with Crippen LogP contribution in [0.3, 0.4) is 0 Å². The van der Waals surface area contributed by atoms with Gasteiger partial charge in [0.15, 0.2) is 0 Å². The van der Waals surface area contributed by atoms with Crippen LogP contribution in [-0.4, -0.2) is 12.1 Å². The molecule has 0 saturated carbocycles. The van der Waals surface area contributed by atoms with Crippen molar-refractivity contribution in [3.05, 3.63) is 23.1 Å². The molecule has 14 heavy (non-hydrogen) atoms. The van der Waals surface area contributed by atoms with Crippen molar-refractivity contribution >= 4 is 0 Å². The molecule has 80 valence electrons. The molecule has 1 aliphatic rings. The van der Waals surface area contributed by atoms with Crippen molar-refractivity contribution < 1.29 is 35.1 Å². The maximum Gasteiger partial charge on any atom is 0.458 e. The Morgan fingerprint density at radius 3 is 1.57 bits per heavy atom. The van der Waals surface area contributed by atoms with Crippen molar-refractivity contribution in [3.63, 3.8) is 0 Å². The van der Waals surface area contributed by atoms with Crippen LogP contribution in [0.5, 0.6) is 0 Å². The van der Waals surface area contributed by atoms with E-state index in [2.05, 4.69) is 0 Å². The first-order chi connectivity index (χ1) is 6.10. The van der Waals surface area contributed by atoms with Gasteiger partial charge in [-0.1, -0.05) is 0 Å². The molecular formula is C6F8. The highest BCUT2D eigenvalue weighted by Crippen LogP contribution is 2.56. The van der Waals surface area contributed by atoms with E-state index in [-0.39, 0.29) is 0 Å². The van der Waals surface area contributed by atoms with E-state index in [1.807, 2.05) is 0 Å². The molecule has 0 aromatic heterocycles. The fourth-order valence-corrected chi connectivity index (χ4v) is 0.779. The molecule has 8 heteroatoms. The third kappa shape index (κ3) is 1.38. The van der Waals surface area contributed by atoms with Gasteiger partial charge in [-0.2, -0.15) is 30.7 Å². The van der Waals surface area contributed by atoms with Crippen molar-refractivity contribution in [3.8, 4) is 0 Å². The highest BCUT2D eigenvalue weighted by atomic mass is 19.4. The van der Waals surface area contributed by atoms with Crippen molar-refractivity contribution in [2.45, 2.75) is 12.1 Å². The van der Waals surface area contributed by atoms with E-state index in [1.165, 1.54) is 0 Å². The van der Waals surface area contributed by atoms with Gasteiger partial charge in [0.25, 0.3) is 6.08 Å². The van der Waals surface area contributed by atoms with Crippen LogP contribution in [0.1, 0.15) is 0 Å². The number of rotatable bonds is 1. The second kappa shape index (κ2) is 2.71. The van der Waals surface area contributed by atoms with Crippen LogP contribution in [0.25, 0.3) is 0 Å². The Kier molecular flexibility index (Phi) is 2.13. The lowest BCUT2D eigenvalue weighted by Gasteiger charge is -2.15. The van der Waals surface area contributed by atoms with Gasteiger partial charge in [-0.15, -0.1) is 0 Å². The summed E-state index contributed by atoms with van der Waals surface area (Å²) in [6.45, 7) is 0. The molecule has 0 atom stereocenters. The standard InChI is InChI=1S/C6F8/c7-3-1(4(8)9)2(3)5(10,11)6(12,13)14. The number of hydrogen-bond acceptors (Lipinski definition) is 0. The van der Waals surface area contributed by atoms with E-state index in [0.717, 1.165) is 0 Å². The van der Waals surface area contributed by atoms with E-state index in [9.17, 15) is 35.1 Å². The van der Waals surface area contributed by atoms with Crippen molar-refractivity contribution in [1.82, 2.24) is 0 Å². The zero-order valence-electron chi connectivity index (χ0n) is 6.02. The molecule has 0 aliphatic heterocycles. The maximum atomic E-state index is 12.2. The molecule has 1 rings (SSSR count). The monoisotopic (exact) mass is 224 g/mol. The molecule has 0 amide bonds. The maximum absolute atomic E-state index is 12.2. The van der Waals surface area contributed by atoms with Gasteiger partial charge in [0, 0.05) is 0 Å². The molecule has 0 aromatic rings. The van der Waals surface area contributed by atoms with Gasteiger partial charge in [-0.05, 0) is 0 Å². The molecule has 0 aromatic carbocycles. The first-order valence-electron chi connectivity index (χ1n) is 3.01. The van der Waals surface area contributed by atoms with Gasteiger partial charge in [0.2, 0.25) is 0 Å². The smallest absolute Gasteiger partial charge is 0.206 e. The van der Waals surface area contributed by atoms with Crippen LogP contribution >= 0.6 is 0 Å². The predicted octanol–water partition coefficient (Wildman–Crippen LogP) is 3.57. The molecule has 0 N–H and O–H groups in total. The summed E-state index contributed by atoms with van der Waals surface area (Å²) in [7, 11) is 0. The van der Waals surface area contributed by atoms with E-state index in [0.29, 0.717) is 0 Å². The third-order valence-electron chi connectivity index (χ3n) is 1.49. The fourth-order valence-electron chi connectivity index (χ4n) is 0.779. The Morgan fingerprint density at radius 1 is 0.929 bits per heavy atom. The summed E-state index contributed by atoms with van der Waals surface area (Å²) in [6, 6.07) is 0. The number of halogens is 8. The largest absolute Gasteiger partial charge is 0.458 e. The highest BCUT2D eigenvalue weighted by Gasteiger charge is 2.67. The van der Waals surface area contributed by atoms with Crippen LogP contribution in [-0.2, 0) is 0 Å². The summed E-state index contributed by atoms with van der Waals surface area (Å²) in [5.41, 5.74) is -4.20. The van der Waals surface area contributed by atoms with Crippen molar-refractivity contribution in [2.75, 3.05) is 0 Å². The third-order valence-corrected chi connectivity index (χ3v) is 1.49. The van der Waals surface area contributed by atoms with Crippen LogP contribution in [0.15, 0.2) is 23.1 Å². The Labute approximate surface area is 71.5 Å². The highest BCUT2D eigenvalue weighted by molar-refractivity contribution is 5.66. The molecule has 0 saturated heterocycles. The minimum Gasteiger partial charge on any atom is -0.206 e. The van der Waals surface area contributed by atoms with Gasteiger partial charge in [0.05, 0.1) is 11.1 Å². The summed E-state index contributed by atoms with van der Waals surface area (Å²) in [6.07, 6.45) is -8.96. The predicted molar refractivity (Wildman–Crippen MR) is 28.4 cm³/mol. The molecule has 1 aliphatic carbocycles. The van der Waals surface area contributed by atoms with E-state index >= 15 is 0 Å². The van der Waals surface area contributed by atoms with E-state index in [1.54, 1.807) is 0 Å². The first kappa shape index (κ1) is 11.0. The average molecular weight is 224 g/mol. The zero-order chi connectivity index (χ0) is 11.3. The van der Waals surface area contributed by atoms with Crippen molar-refractivity contribution in [1.29, 1.82) is 0 Å². The van der Waals surface area contributed by atoms with E-state index < -0.39 is 35.2 Å². The van der Waals surface area contributed by atoms with Crippen LogP contribution in [0, 0.1) is 0 Å². The quantitative estimate of drug-likeness (QED) is 0.597. The molecule has 0 unspecified atom stereocenters. The normalized spacial score (nSPS) is 17.6. The summed E-state index contributed by atoms with van der Waals surface area (Å²) >= 11 is 0. The molecule has 0 fully saturated rings. The summed E-state index contributed by atoms with van der Waals surface area (Å²) in [5.74, 6) is -7.75. The summed E-state index contributed by atoms with van der Waals surface area (Å²) in [4.78, 5) is 0. The Bertz CT molecular complexity index is 326. The second-order valence-electron chi connectivity index (χ2n) is 2.40. The van der Waals surface area contributed by atoms with Gasteiger partial charge >= 0.3 is 12.1 Å². The van der Waals surface area contributed by atoms with Crippen LogP contribution in [0.4, 0.5) is 35.1 Å². The molecule has 0 bridgehead atoms. The van der Waals surface area contributed by atoms with E-state index in [4.69, 9.17) is 0 Å². The minimum absolute atomic E-state index is 1.92. The topological polar surface area (TPSA) is 0 Å². The molecular weight excluding hydrogens is 224 g/mol. The van der Waals surface area contributed by atoms with Crippen LogP contribution < -0.4 is 0 Å². The summed E-state index contributed by atoms with van der Waals surface area (Å²) < 4.78 is 94.1. The Hall–Kier alpha value is -1.08. The zero-order valence-corrected chi connectivity index (χ0v) is 6.02. The van der Waals surface area contributed by atoms with Crippen molar-refractivity contribution in [2.24, 2.45) is 0 Å². The number of hydrogen-bond donors (Lipinski definition) is 0. The number of alkyl halides is 5. The van der Waals surface area contributed by atoms with Crippen LogP contribution in [0.2, 0.25) is 0 Å². The summed E-state index contributed by atoms with van der Waals surface area (Å²) in [5, 5.41) is 0. The Balaban J connectivity index is 3.06. The average Bonchev–Trinajstić information content (AvgIpc) is 2.59. The molecule has 0 radical (unpaired) electrons. The van der Waals surface area contributed by atoms with Gasteiger partial charge in [0.1, 0.15) is 5.83 Å². The van der Waals surface area contributed by atoms with Gasteiger partial charge in [-0.3, -0.25) is 0 Å². The second-order valence-corrected chi connectivity index (χ2v) is 2.40. The SMILES string of the molecule is FC(F)=C1C(F)=C1C(F)(F)C(F)(F)F.